The maximum Gasteiger partial charge on any atom is 0.160 e. The molecule has 0 amide bonds. The van der Waals surface area contributed by atoms with Gasteiger partial charge in [-0.3, -0.25) is 0 Å². The molecule has 0 unspecified atom stereocenters. The summed E-state index contributed by atoms with van der Waals surface area (Å²) < 4.78 is 12.1. The number of carbonyl (C=O) groups excluding carboxylic acids is 1. The van der Waals surface area contributed by atoms with E-state index in [1.165, 1.54) is 25.7 Å². The van der Waals surface area contributed by atoms with Crippen LogP contribution in [0.1, 0.15) is 72.6 Å². The molecule has 1 saturated heterocycles. The highest BCUT2D eigenvalue weighted by Gasteiger charge is 2.34. The van der Waals surface area contributed by atoms with Crippen LogP contribution in [-0.2, 0) is 14.3 Å². The first-order chi connectivity index (χ1) is 9.58. The topological polar surface area (TPSA) is 35.5 Å². The molecule has 1 heterocycles. The molecular formula is C17H32O3. The lowest BCUT2D eigenvalue weighted by molar-refractivity contribution is -0.268. The van der Waals surface area contributed by atoms with Crippen LogP contribution in [0.3, 0.4) is 0 Å². The molecule has 0 aromatic heterocycles. The molecule has 0 bridgehead atoms. The summed E-state index contributed by atoms with van der Waals surface area (Å²) in [6, 6.07) is 0. The first-order valence-electron chi connectivity index (χ1n) is 8.33. The third kappa shape index (κ3) is 5.92. The molecule has 0 aromatic rings. The first-order valence-corrected chi connectivity index (χ1v) is 8.33. The molecule has 0 aromatic carbocycles. The van der Waals surface area contributed by atoms with E-state index in [0.717, 1.165) is 19.1 Å². The Morgan fingerprint density at radius 1 is 1.15 bits per heavy atom. The Hall–Kier alpha value is -0.410. The molecule has 1 aliphatic heterocycles. The smallest absolute Gasteiger partial charge is 0.160 e. The molecule has 0 spiro atoms. The van der Waals surface area contributed by atoms with Gasteiger partial charge in [0, 0.05) is 18.8 Å². The summed E-state index contributed by atoms with van der Waals surface area (Å²) in [6.45, 7) is 8.60. The van der Waals surface area contributed by atoms with E-state index in [9.17, 15) is 4.79 Å². The van der Waals surface area contributed by atoms with Gasteiger partial charge in [0.25, 0.3) is 0 Å². The Bertz CT molecular complexity index is 265. The highest BCUT2D eigenvalue weighted by molar-refractivity contribution is 5.49. The summed E-state index contributed by atoms with van der Waals surface area (Å²) >= 11 is 0. The summed E-state index contributed by atoms with van der Waals surface area (Å²) in [5.41, 5.74) is 0. The zero-order chi connectivity index (χ0) is 15.0. The van der Waals surface area contributed by atoms with E-state index in [-0.39, 0.29) is 18.3 Å². The molecule has 0 aliphatic carbocycles. The van der Waals surface area contributed by atoms with Crippen molar-refractivity contribution in [3.05, 3.63) is 0 Å². The lowest BCUT2D eigenvalue weighted by Gasteiger charge is -2.39. The molecule has 0 radical (unpaired) electrons. The van der Waals surface area contributed by atoms with Crippen molar-refractivity contribution in [1.29, 1.82) is 0 Å². The Morgan fingerprint density at radius 2 is 1.90 bits per heavy atom. The average molecular weight is 284 g/mol. The second-order valence-electron chi connectivity index (χ2n) is 6.51. The van der Waals surface area contributed by atoms with Crippen molar-refractivity contribution in [2.75, 3.05) is 0 Å². The van der Waals surface area contributed by atoms with Crippen LogP contribution in [0.2, 0.25) is 0 Å². The molecule has 1 fully saturated rings. The lowest BCUT2D eigenvalue weighted by atomic mass is 9.93. The van der Waals surface area contributed by atoms with Gasteiger partial charge in [-0.05, 0) is 12.3 Å². The van der Waals surface area contributed by atoms with Gasteiger partial charge in [0.15, 0.2) is 6.29 Å². The fraction of sp³-hybridized carbons (Fsp3) is 0.941. The number of hydrogen-bond acceptors (Lipinski definition) is 3. The highest BCUT2D eigenvalue weighted by atomic mass is 16.7. The van der Waals surface area contributed by atoms with Crippen molar-refractivity contribution < 1.29 is 14.3 Å². The summed E-state index contributed by atoms with van der Waals surface area (Å²) in [5.74, 6) is 0.648. The predicted octanol–water partition coefficient (Wildman–Crippen LogP) is 4.34. The van der Waals surface area contributed by atoms with Crippen molar-refractivity contribution in [2.24, 2.45) is 11.8 Å². The standard InChI is InChI=1S/C17H32O3/c1-5-6-7-8-9-15-12-16(14(4)10-11-18)20-17(19-15)13(2)3/h11,13-17H,5-10,12H2,1-4H3/t14-,15-,16-,17-/m1/s1. The molecule has 1 aliphatic rings. The lowest BCUT2D eigenvalue weighted by Crippen LogP contribution is -2.43. The quantitative estimate of drug-likeness (QED) is 0.467. The molecule has 1 rings (SSSR count). The highest BCUT2D eigenvalue weighted by Crippen LogP contribution is 2.30. The largest absolute Gasteiger partial charge is 0.349 e. The van der Waals surface area contributed by atoms with E-state index >= 15 is 0 Å². The van der Waals surface area contributed by atoms with Crippen LogP contribution in [0.15, 0.2) is 0 Å². The zero-order valence-corrected chi connectivity index (χ0v) is 13.6. The monoisotopic (exact) mass is 284 g/mol. The Labute approximate surface area is 124 Å². The Kier molecular flexibility index (Phi) is 8.39. The molecule has 0 N–H and O–H groups in total. The fourth-order valence-electron chi connectivity index (χ4n) is 2.73. The maximum absolute atomic E-state index is 10.7. The van der Waals surface area contributed by atoms with Crippen LogP contribution in [0.4, 0.5) is 0 Å². The van der Waals surface area contributed by atoms with Crippen LogP contribution < -0.4 is 0 Å². The van der Waals surface area contributed by atoms with Crippen LogP contribution in [-0.4, -0.2) is 24.8 Å². The number of aldehydes is 1. The van der Waals surface area contributed by atoms with E-state index in [4.69, 9.17) is 9.47 Å². The fourth-order valence-corrected chi connectivity index (χ4v) is 2.73. The minimum atomic E-state index is -0.112. The van der Waals surface area contributed by atoms with Crippen LogP contribution in [0.5, 0.6) is 0 Å². The van der Waals surface area contributed by atoms with Crippen LogP contribution in [0.25, 0.3) is 0 Å². The Balaban J connectivity index is 2.49. The molecule has 4 atom stereocenters. The van der Waals surface area contributed by atoms with Gasteiger partial charge in [0.05, 0.1) is 12.2 Å². The molecule has 20 heavy (non-hydrogen) atoms. The molecule has 0 saturated carbocycles. The van der Waals surface area contributed by atoms with Crippen molar-refractivity contribution >= 4 is 6.29 Å². The molecule has 3 heteroatoms. The maximum atomic E-state index is 10.7. The second-order valence-corrected chi connectivity index (χ2v) is 6.51. The third-order valence-corrected chi connectivity index (χ3v) is 4.16. The van der Waals surface area contributed by atoms with E-state index in [1.807, 2.05) is 0 Å². The normalized spacial score (nSPS) is 28.6. The number of unbranched alkanes of at least 4 members (excludes halogenated alkanes) is 3. The molecule has 118 valence electrons. The van der Waals surface area contributed by atoms with Gasteiger partial charge < -0.3 is 14.3 Å². The zero-order valence-electron chi connectivity index (χ0n) is 13.6. The molecule has 3 nitrogen and oxygen atoms in total. The average Bonchev–Trinajstić information content (AvgIpc) is 2.43. The first kappa shape index (κ1) is 17.6. The number of carbonyl (C=O) groups is 1. The van der Waals surface area contributed by atoms with Gasteiger partial charge in [-0.25, -0.2) is 0 Å². The summed E-state index contributed by atoms with van der Waals surface area (Å²) in [5, 5.41) is 0. The van der Waals surface area contributed by atoms with Gasteiger partial charge in [-0.15, -0.1) is 0 Å². The van der Waals surface area contributed by atoms with E-state index in [1.54, 1.807) is 0 Å². The summed E-state index contributed by atoms with van der Waals surface area (Å²) in [4.78, 5) is 10.7. The van der Waals surface area contributed by atoms with Crippen LogP contribution in [0, 0.1) is 11.8 Å². The van der Waals surface area contributed by atoms with Crippen molar-refractivity contribution in [1.82, 2.24) is 0 Å². The van der Waals surface area contributed by atoms with E-state index in [0.29, 0.717) is 18.4 Å². The Morgan fingerprint density at radius 3 is 2.50 bits per heavy atom. The number of rotatable bonds is 9. The summed E-state index contributed by atoms with van der Waals surface area (Å²) in [6.07, 6.45) is 9.09. The minimum absolute atomic E-state index is 0.112. The van der Waals surface area contributed by atoms with Crippen LogP contribution >= 0.6 is 0 Å². The van der Waals surface area contributed by atoms with E-state index in [2.05, 4.69) is 27.7 Å². The third-order valence-electron chi connectivity index (χ3n) is 4.16. The van der Waals surface area contributed by atoms with Gasteiger partial charge in [0.1, 0.15) is 6.29 Å². The second kappa shape index (κ2) is 9.51. The van der Waals surface area contributed by atoms with Crippen molar-refractivity contribution in [3.63, 3.8) is 0 Å². The predicted molar refractivity (Wildman–Crippen MR) is 81.6 cm³/mol. The number of hydrogen-bond donors (Lipinski definition) is 0. The van der Waals surface area contributed by atoms with Gasteiger partial charge in [-0.2, -0.15) is 0 Å². The van der Waals surface area contributed by atoms with Crippen molar-refractivity contribution in [3.8, 4) is 0 Å². The number of ether oxygens (including phenoxy) is 2. The van der Waals surface area contributed by atoms with Gasteiger partial charge >= 0.3 is 0 Å². The van der Waals surface area contributed by atoms with Gasteiger partial charge in [0.2, 0.25) is 0 Å². The molecular weight excluding hydrogens is 252 g/mol. The van der Waals surface area contributed by atoms with E-state index < -0.39 is 0 Å². The van der Waals surface area contributed by atoms with Gasteiger partial charge in [-0.1, -0.05) is 53.4 Å². The SMILES string of the molecule is CCCCCC[C@@H]1C[C@H]([C@H](C)CC=O)O[C@H](C(C)C)O1. The van der Waals surface area contributed by atoms with Crippen molar-refractivity contribution in [2.45, 2.75) is 91.1 Å². The summed E-state index contributed by atoms with van der Waals surface area (Å²) in [7, 11) is 0. The minimum Gasteiger partial charge on any atom is -0.349 e.